The van der Waals surface area contributed by atoms with E-state index >= 15 is 0 Å². The number of nitrogens with two attached hydrogens (primary N) is 1. The lowest BCUT2D eigenvalue weighted by Gasteiger charge is -2.36. The molecule has 5 rings (SSSR count). The minimum absolute atomic E-state index is 0.0689. The van der Waals surface area contributed by atoms with Gasteiger partial charge in [0.2, 0.25) is 0 Å². The fourth-order valence-electron chi connectivity index (χ4n) is 5.33. The average molecular weight is 566 g/mol. The van der Waals surface area contributed by atoms with Crippen molar-refractivity contribution < 1.29 is 18.5 Å². The number of hydrogen-bond acceptors (Lipinski definition) is 8. The van der Waals surface area contributed by atoms with E-state index in [-0.39, 0.29) is 23.9 Å². The summed E-state index contributed by atoms with van der Waals surface area (Å²) in [6.45, 7) is 13.5. The molecule has 3 atom stereocenters. The zero-order valence-electron chi connectivity index (χ0n) is 24.0. The van der Waals surface area contributed by atoms with Crippen LogP contribution in [-0.4, -0.2) is 49.7 Å². The number of nitrogens with zero attached hydrogens (tertiary/aromatic N) is 2. The van der Waals surface area contributed by atoms with Gasteiger partial charge in [-0.15, -0.1) is 0 Å². The summed E-state index contributed by atoms with van der Waals surface area (Å²) in [5.41, 5.74) is 1.69. The summed E-state index contributed by atoms with van der Waals surface area (Å²) in [6.07, 6.45) is 3.51. The van der Waals surface area contributed by atoms with Crippen molar-refractivity contribution in [2.45, 2.75) is 82.7 Å². The van der Waals surface area contributed by atoms with E-state index in [4.69, 9.17) is 24.6 Å². The second-order valence-electron chi connectivity index (χ2n) is 12.0. The van der Waals surface area contributed by atoms with Gasteiger partial charge in [-0.05, 0) is 81.7 Å². The zero-order valence-corrected chi connectivity index (χ0v) is 24.9. The van der Waals surface area contributed by atoms with E-state index in [1.54, 1.807) is 12.1 Å². The van der Waals surface area contributed by atoms with Crippen molar-refractivity contribution in [2.24, 2.45) is 5.14 Å². The highest BCUT2D eigenvalue weighted by atomic mass is 32.2. The number of aromatic nitrogens is 2. The molecule has 1 aromatic carbocycles. The Hall–Kier alpha value is -3.08. The molecule has 10 heteroatoms. The summed E-state index contributed by atoms with van der Waals surface area (Å²) < 4.78 is 23.6. The Morgan fingerprint density at radius 3 is 2.62 bits per heavy atom. The molecule has 0 saturated carbocycles. The molecule has 1 unspecified atom stereocenters. The smallest absolute Gasteiger partial charge is 0.340 e. The molecule has 40 heavy (non-hydrogen) atoms. The van der Waals surface area contributed by atoms with E-state index in [1.807, 2.05) is 52.9 Å². The van der Waals surface area contributed by atoms with Crippen LogP contribution in [0.25, 0.3) is 10.8 Å². The number of anilines is 2. The van der Waals surface area contributed by atoms with Crippen molar-refractivity contribution in [3.05, 3.63) is 53.3 Å². The largest absolute Gasteiger partial charge is 0.487 e. The van der Waals surface area contributed by atoms with E-state index in [2.05, 4.69) is 23.6 Å². The van der Waals surface area contributed by atoms with Crippen LogP contribution in [0.15, 0.2) is 36.5 Å². The van der Waals surface area contributed by atoms with Crippen LogP contribution in [0.5, 0.6) is 5.75 Å². The minimum atomic E-state index is -1.45. The Bertz CT molecular complexity index is 1470. The van der Waals surface area contributed by atoms with E-state index in [1.165, 1.54) is 0 Å². The summed E-state index contributed by atoms with van der Waals surface area (Å²) in [5, 5.41) is 14.4. The summed E-state index contributed by atoms with van der Waals surface area (Å²) in [4.78, 5) is 22.0. The first kappa shape index (κ1) is 28.4. The molecule has 2 aromatic heterocycles. The predicted molar refractivity (Wildman–Crippen MR) is 159 cm³/mol. The molecular formula is C30H39N5O4S. The molecule has 1 fully saturated rings. The van der Waals surface area contributed by atoms with Gasteiger partial charge in [0.25, 0.3) is 0 Å². The van der Waals surface area contributed by atoms with Crippen LogP contribution in [0.2, 0.25) is 0 Å². The number of rotatable bonds is 9. The van der Waals surface area contributed by atoms with Crippen LogP contribution in [-0.2, 0) is 15.7 Å². The molecule has 214 valence electrons. The molecule has 3 aromatic rings. The lowest BCUT2D eigenvalue weighted by atomic mass is 9.84. The molecule has 0 aliphatic carbocycles. The number of hydrogen-bond donors (Lipinski definition) is 3. The Morgan fingerprint density at radius 2 is 1.98 bits per heavy atom. The molecule has 0 bridgehead atoms. The Labute approximate surface area is 238 Å². The fraction of sp³-hybridized carbons (Fsp3) is 0.500. The number of cyclic esters (lactones) is 1. The van der Waals surface area contributed by atoms with E-state index in [0.717, 1.165) is 41.6 Å². The van der Waals surface area contributed by atoms with Gasteiger partial charge >= 0.3 is 5.97 Å². The highest BCUT2D eigenvalue weighted by Crippen LogP contribution is 2.40. The second-order valence-corrected chi connectivity index (χ2v) is 13.7. The number of carbonyl (C=O) groups excluding carboxylic acids is 1. The van der Waals surface area contributed by atoms with Crippen LogP contribution in [0.3, 0.4) is 0 Å². The fourth-order valence-corrected chi connectivity index (χ4v) is 5.69. The number of carbonyl (C=O) groups is 1. The van der Waals surface area contributed by atoms with Crippen LogP contribution in [0.1, 0.15) is 87.8 Å². The first-order chi connectivity index (χ1) is 18.9. The topological polar surface area (TPSA) is 128 Å². The Balaban J connectivity index is 1.54. The Morgan fingerprint density at radius 1 is 1.23 bits per heavy atom. The third-order valence-corrected chi connectivity index (χ3v) is 9.61. The standard InChI is InChI=1S/C30H39N5O4S/c1-7-18(13-29(3,4)40(31)37)20-8-10-24(38-19-14-32-15-19)23-16-33-26(12-22(20)23)34-25-11-9-21-27(35-25)17(2)30(5,6)39-28(21)36/h8-12,16-19,32H,7,13-15,31H2,1-6H3,(H,33,34,35)/t17-,18-,40?/m1/s1. The van der Waals surface area contributed by atoms with Crippen molar-refractivity contribution >= 4 is 39.4 Å². The summed E-state index contributed by atoms with van der Waals surface area (Å²) in [6, 6.07) is 9.69. The normalized spacial score (nSPS) is 20.3. The third kappa shape index (κ3) is 5.44. The van der Waals surface area contributed by atoms with Gasteiger partial charge in [0.05, 0.1) is 27.0 Å². The van der Waals surface area contributed by atoms with Gasteiger partial charge in [0.1, 0.15) is 29.1 Å². The predicted octanol–water partition coefficient (Wildman–Crippen LogP) is 5.06. The van der Waals surface area contributed by atoms with Crippen molar-refractivity contribution in [2.75, 3.05) is 18.4 Å². The maximum atomic E-state index is 12.5. The molecule has 2 aliphatic heterocycles. The van der Waals surface area contributed by atoms with Crippen molar-refractivity contribution in [3.8, 4) is 5.75 Å². The zero-order chi connectivity index (χ0) is 28.8. The monoisotopic (exact) mass is 565 g/mol. The molecule has 0 radical (unpaired) electrons. The van der Waals surface area contributed by atoms with Gasteiger partial charge in [-0.2, -0.15) is 0 Å². The van der Waals surface area contributed by atoms with E-state index in [0.29, 0.717) is 29.3 Å². The van der Waals surface area contributed by atoms with Gasteiger partial charge in [-0.1, -0.05) is 19.9 Å². The number of ether oxygens (including phenoxy) is 2. The molecule has 4 N–H and O–H groups in total. The SMILES string of the molecule is CC[C@H](CC(C)(C)S(N)=O)c1ccc(OC2CNC2)c2cnc(Nc3ccc4c(n3)[C@@H](C)C(C)(C)OC4=O)cc12. The maximum Gasteiger partial charge on any atom is 0.340 e. The summed E-state index contributed by atoms with van der Waals surface area (Å²) in [5.74, 6) is 1.74. The first-order valence-corrected chi connectivity index (χ1v) is 15.1. The number of esters is 1. The minimum Gasteiger partial charge on any atom is -0.487 e. The quantitative estimate of drug-likeness (QED) is 0.307. The van der Waals surface area contributed by atoms with E-state index < -0.39 is 21.3 Å². The van der Waals surface area contributed by atoms with Gasteiger partial charge < -0.3 is 20.1 Å². The first-order valence-electron chi connectivity index (χ1n) is 13.9. The highest BCUT2D eigenvalue weighted by molar-refractivity contribution is 7.84. The van der Waals surface area contributed by atoms with Crippen molar-refractivity contribution in [3.63, 3.8) is 0 Å². The summed E-state index contributed by atoms with van der Waals surface area (Å²) >= 11 is 0. The molecule has 2 aliphatic rings. The number of pyridine rings is 2. The second kappa shape index (κ2) is 10.7. The van der Waals surface area contributed by atoms with Crippen LogP contribution in [0.4, 0.5) is 11.6 Å². The average Bonchev–Trinajstić information content (AvgIpc) is 2.87. The number of benzene rings is 1. The lowest BCUT2D eigenvalue weighted by molar-refractivity contribution is -0.0189. The van der Waals surface area contributed by atoms with Crippen molar-refractivity contribution in [1.29, 1.82) is 0 Å². The number of fused-ring (bicyclic) bond motifs is 2. The van der Waals surface area contributed by atoms with Gasteiger partial charge in [-0.25, -0.2) is 19.0 Å². The molecule has 0 amide bonds. The molecule has 9 nitrogen and oxygen atoms in total. The maximum absolute atomic E-state index is 12.5. The third-order valence-electron chi connectivity index (χ3n) is 8.36. The lowest BCUT2D eigenvalue weighted by Crippen LogP contribution is -2.50. The molecule has 1 saturated heterocycles. The Kier molecular flexibility index (Phi) is 7.62. The van der Waals surface area contributed by atoms with Gasteiger partial charge in [0, 0.05) is 30.6 Å². The van der Waals surface area contributed by atoms with Gasteiger partial charge in [0.15, 0.2) is 0 Å². The molecular weight excluding hydrogens is 526 g/mol. The summed E-state index contributed by atoms with van der Waals surface area (Å²) in [7, 11) is -1.45. The van der Waals surface area contributed by atoms with Crippen LogP contribution >= 0.6 is 0 Å². The van der Waals surface area contributed by atoms with E-state index in [9.17, 15) is 9.00 Å². The molecule has 4 heterocycles. The number of nitrogens with one attached hydrogen (secondary N) is 2. The molecule has 0 spiro atoms. The van der Waals surface area contributed by atoms with Gasteiger partial charge in [-0.3, -0.25) is 5.14 Å². The van der Waals surface area contributed by atoms with Crippen molar-refractivity contribution in [1.82, 2.24) is 15.3 Å². The van der Waals surface area contributed by atoms with Crippen LogP contribution < -0.4 is 20.5 Å². The highest BCUT2D eigenvalue weighted by Gasteiger charge is 2.40. The van der Waals surface area contributed by atoms with Crippen LogP contribution in [0, 0.1) is 0 Å².